The summed E-state index contributed by atoms with van der Waals surface area (Å²) in [4.78, 5) is -0.484. The molecule has 1 radical (unpaired) electrons. The number of hydrogen-bond acceptors (Lipinski definition) is 5. The highest BCUT2D eigenvalue weighted by Crippen LogP contribution is 2.36. The van der Waals surface area contributed by atoms with E-state index in [4.69, 9.17) is 5.53 Å². The Bertz CT molecular complexity index is 1060. The molecule has 0 unspecified atom stereocenters. The third-order valence-electron chi connectivity index (χ3n) is 3.39. The van der Waals surface area contributed by atoms with Gasteiger partial charge in [-0.2, -0.15) is 8.42 Å². The van der Waals surface area contributed by atoms with Crippen molar-refractivity contribution >= 4 is 38.0 Å². The first-order chi connectivity index (χ1) is 11.5. The van der Waals surface area contributed by atoms with E-state index in [0.29, 0.717) is 5.69 Å². The van der Waals surface area contributed by atoms with Gasteiger partial charge in [0, 0.05) is 5.39 Å². The fourth-order valence-corrected chi connectivity index (χ4v) is 2.94. The van der Waals surface area contributed by atoms with Crippen LogP contribution in [0.4, 0.5) is 17.1 Å². The molecule has 0 amide bonds. The maximum Gasteiger partial charge on any atom is 0.296 e. The lowest BCUT2D eigenvalue weighted by Gasteiger charge is -2.04. The normalized spacial score (nSPS) is 11.9. The van der Waals surface area contributed by atoms with Crippen molar-refractivity contribution in [2.45, 2.75) is 4.90 Å². The maximum atomic E-state index is 11.5. The minimum Gasteiger partial charge on any atom is -0.282 e. The molecule has 1 N–H and O–H groups in total. The number of rotatable bonds is 4. The van der Waals surface area contributed by atoms with Crippen molar-refractivity contribution in [3.63, 3.8) is 0 Å². The minimum atomic E-state index is -4.54. The molecule has 119 valence electrons. The lowest BCUT2D eigenvalue weighted by atomic mass is 10.1. The second-order valence-electron chi connectivity index (χ2n) is 4.90. The lowest BCUT2D eigenvalue weighted by Crippen LogP contribution is -1.98. The van der Waals surface area contributed by atoms with Crippen LogP contribution in [0.1, 0.15) is 0 Å². The van der Waals surface area contributed by atoms with Gasteiger partial charge in [0.15, 0.2) is 0 Å². The molecule has 0 heterocycles. The van der Waals surface area contributed by atoms with Crippen molar-refractivity contribution < 1.29 is 13.0 Å². The SMILES string of the molecule is [N]=Nc1cccc(S(=O)(=O)O)c1N=Nc1cccc2ccccc12. The van der Waals surface area contributed by atoms with Gasteiger partial charge in [0.25, 0.3) is 10.1 Å². The number of fused-ring (bicyclic) bond motifs is 1. The Morgan fingerprint density at radius 1 is 0.833 bits per heavy atom. The van der Waals surface area contributed by atoms with E-state index in [1.165, 1.54) is 12.1 Å². The second kappa shape index (κ2) is 6.26. The molecule has 3 aromatic carbocycles. The first-order valence-electron chi connectivity index (χ1n) is 6.86. The van der Waals surface area contributed by atoms with Crippen molar-refractivity contribution in [2.24, 2.45) is 15.3 Å². The molecular weight excluding hydrogens is 328 g/mol. The van der Waals surface area contributed by atoms with Crippen LogP contribution in [0.15, 0.2) is 80.9 Å². The van der Waals surface area contributed by atoms with Crippen LogP contribution in [0.2, 0.25) is 0 Å². The van der Waals surface area contributed by atoms with Gasteiger partial charge >= 0.3 is 0 Å². The molecule has 0 aliphatic heterocycles. The molecule has 0 fully saturated rings. The highest BCUT2D eigenvalue weighted by molar-refractivity contribution is 7.86. The van der Waals surface area contributed by atoms with Crippen LogP contribution >= 0.6 is 0 Å². The third-order valence-corrected chi connectivity index (χ3v) is 4.27. The Morgan fingerprint density at radius 2 is 1.50 bits per heavy atom. The van der Waals surface area contributed by atoms with E-state index < -0.39 is 15.0 Å². The van der Waals surface area contributed by atoms with Gasteiger partial charge in [-0.15, -0.1) is 15.3 Å². The molecule has 7 nitrogen and oxygen atoms in total. The van der Waals surface area contributed by atoms with Crippen LogP contribution in [0, 0.1) is 0 Å². The summed E-state index contributed by atoms with van der Waals surface area (Å²) in [5.41, 5.74) is 9.18. The fraction of sp³-hybridized carbons (Fsp3) is 0. The summed E-state index contributed by atoms with van der Waals surface area (Å²) in [6.45, 7) is 0. The van der Waals surface area contributed by atoms with E-state index in [1.807, 2.05) is 30.3 Å². The summed E-state index contributed by atoms with van der Waals surface area (Å²) in [5.74, 6) is 0. The van der Waals surface area contributed by atoms with E-state index in [2.05, 4.69) is 15.3 Å². The van der Waals surface area contributed by atoms with Gasteiger partial charge in [0.1, 0.15) is 16.3 Å². The van der Waals surface area contributed by atoms with E-state index >= 15 is 0 Å². The standard InChI is InChI=1S/C16H11N4O3S/c17-18-14-9-4-10-15(24(21,22)23)16(14)20-19-13-8-3-6-11-5-1-2-7-12(11)13/h1-10H,(H,21,22,23). The zero-order valence-electron chi connectivity index (χ0n) is 12.2. The fourth-order valence-electron chi connectivity index (χ4n) is 2.30. The average Bonchev–Trinajstić information content (AvgIpc) is 2.58. The molecule has 0 saturated heterocycles. The Morgan fingerprint density at radius 3 is 2.25 bits per heavy atom. The molecule has 0 aliphatic rings. The minimum absolute atomic E-state index is 0.117. The Kier molecular flexibility index (Phi) is 4.15. The average molecular weight is 339 g/mol. The second-order valence-corrected chi connectivity index (χ2v) is 6.29. The van der Waals surface area contributed by atoms with Gasteiger partial charge in [-0.1, -0.05) is 42.5 Å². The summed E-state index contributed by atoms with van der Waals surface area (Å²) in [6.07, 6.45) is 0. The molecule has 0 atom stereocenters. The molecule has 0 bridgehead atoms. The molecule has 24 heavy (non-hydrogen) atoms. The largest absolute Gasteiger partial charge is 0.296 e. The van der Waals surface area contributed by atoms with Crippen LogP contribution in [-0.4, -0.2) is 13.0 Å². The van der Waals surface area contributed by atoms with E-state index in [9.17, 15) is 13.0 Å². The summed E-state index contributed by atoms with van der Waals surface area (Å²) in [7, 11) is -4.54. The number of benzene rings is 3. The quantitative estimate of drug-likeness (QED) is 0.561. The maximum absolute atomic E-state index is 11.5. The molecular formula is C16H11N4O3S. The van der Waals surface area contributed by atoms with E-state index in [-0.39, 0.29) is 11.4 Å². The highest BCUT2D eigenvalue weighted by atomic mass is 32.2. The van der Waals surface area contributed by atoms with Crippen LogP contribution in [0.3, 0.4) is 0 Å². The first kappa shape index (κ1) is 15.9. The number of nitrogens with zero attached hydrogens (tertiary/aromatic N) is 4. The molecule has 8 heteroatoms. The Hall–Kier alpha value is -2.97. The summed E-state index contributed by atoms with van der Waals surface area (Å²) in [5, 5.41) is 12.7. The predicted molar refractivity (Wildman–Crippen MR) is 88.6 cm³/mol. The van der Waals surface area contributed by atoms with Crippen LogP contribution in [-0.2, 0) is 10.1 Å². The van der Waals surface area contributed by atoms with Crippen molar-refractivity contribution in [1.82, 2.24) is 5.53 Å². The van der Waals surface area contributed by atoms with Crippen LogP contribution in [0.25, 0.3) is 10.8 Å². The van der Waals surface area contributed by atoms with Crippen molar-refractivity contribution in [1.29, 1.82) is 0 Å². The van der Waals surface area contributed by atoms with E-state index in [0.717, 1.165) is 16.8 Å². The van der Waals surface area contributed by atoms with Gasteiger partial charge in [0.2, 0.25) is 0 Å². The molecule has 0 spiro atoms. The van der Waals surface area contributed by atoms with Gasteiger partial charge in [-0.25, -0.2) is 0 Å². The van der Waals surface area contributed by atoms with E-state index in [1.54, 1.807) is 12.1 Å². The lowest BCUT2D eigenvalue weighted by molar-refractivity contribution is 0.483. The van der Waals surface area contributed by atoms with Gasteiger partial charge in [0.05, 0.1) is 5.69 Å². The first-order valence-corrected chi connectivity index (χ1v) is 8.30. The van der Waals surface area contributed by atoms with Crippen LogP contribution in [0.5, 0.6) is 0 Å². The van der Waals surface area contributed by atoms with Crippen molar-refractivity contribution in [2.75, 3.05) is 0 Å². The van der Waals surface area contributed by atoms with Gasteiger partial charge in [-0.05, 0) is 29.1 Å². The zero-order valence-corrected chi connectivity index (χ0v) is 13.1. The molecule has 3 rings (SSSR count). The summed E-state index contributed by atoms with van der Waals surface area (Å²) < 4.78 is 32.3. The Balaban J connectivity index is 2.17. The van der Waals surface area contributed by atoms with Crippen LogP contribution < -0.4 is 5.53 Å². The molecule has 3 aromatic rings. The predicted octanol–water partition coefficient (Wildman–Crippen LogP) is 4.39. The van der Waals surface area contributed by atoms with Gasteiger partial charge in [-0.3, -0.25) is 4.55 Å². The zero-order chi connectivity index (χ0) is 17.2. The topological polar surface area (TPSA) is 114 Å². The van der Waals surface area contributed by atoms with Crippen molar-refractivity contribution in [3.8, 4) is 0 Å². The van der Waals surface area contributed by atoms with Gasteiger partial charge < -0.3 is 0 Å². The summed E-state index contributed by atoms with van der Waals surface area (Å²) >= 11 is 0. The molecule has 0 aliphatic carbocycles. The molecule has 0 aromatic heterocycles. The van der Waals surface area contributed by atoms with Crippen molar-refractivity contribution in [3.05, 3.63) is 60.7 Å². The molecule has 0 saturated carbocycles. The number of azo groups is 1. The monoisotopic (exact) mass is 339 g/mol. The smallest absolute Gasteiger partial charge is 0.282 e. The summed E-state index contributed by atoms with van der Waals surface area (Å²) in [6, 6.07) is 16.8. The third kappa shape index (κ3) is 3.05. The highest BCUT2D eigenvalue weighted by Gasteiger charge is 2.18. The number of hydrogen-bond donors (Lipinski definition) is 1. The Labute approximate surface area is 137 Å².